The van der Waals surface area contributed by atoms with Crippen LogP contribution in [0.4, 0.5) is 17.6 Å². The first-order chi connectivity index (χ1) is 8.34. The van der Waals surface area contributed by atoms with Crippen LogP contribution in [-0.4, -0.2) is 18.8 Å². The molecule has 0 aromatic rings. The number of hydrogen-bond donors (Lipinski definition) is 0. The van der Waals surface area contributed by atoms with E-state index in [1.807, 2.05) is 6.92 Å². The summed E-state index contributed by atoms with van der Waals surface area (Å²) in [7, 11) is 0. The highest BCUT2D eigenvalue weighted by Gasteiger charge is 2.38. The minimum absolute atomic E-state index is 0.208. The molecule has 0 amide bonds. The third kappa shape index (κ3) is 5.71. The molecule has 18 heavy (non-hydrogen) atoms. The topological polar surface area (TPSA) is 26.3 Å². The van der Waals surface area contributed by atoms with Gasteiger partial charge in [-0.3, -0.25) is 0 Å². The monoisotopic (exact) mass is 266 g/mol. The minimum atomic E-state index is -5.00. The van der Waals surface area contributed by atoms with Gasteiger partial charge in [0.15, 0.2) is 0 Å². The summed E-state index contributed by atoms with van der Waals surface area (Å²) in [5, 5.41) is 0. The highest BCUT2D eigenvalue weighted by atomic mass is 19.4. The van der Waals surface area contributed by atoms with Crippen molar-refractivity contribution in [2.45, 2.75) is 39.3 Å². The number of esters is 1. The maximum absolute atomic E-state index is 13.2. The molecule has 0 aromatic heterocycles. The first kappa shape index (κ1) is 16.5. The lowest BCUT2D eigenvalue weighted by Gasteiger charge is -2.07. The maximum Gasteiger partial charge on any atom is 0.427 e. The lowest BCUT2D eigenvalue weighted by Crippen LogP contribution is -2.17. The third-order valence-corrected chi connectivity index (χ3v) is 1.83. The van der Waals surface area contributed by atoms with Crippen molar-refractivity contribution in [1.82, 2.24) is 0 Å². The smallest absolute Gasteiger partial charge is 0.427 e. The minimum Gasteiger partial charge on any atom is -0.461 e. The standard InChI is InChI=1S/C12H14F4O2/c1-3-5-6-7-8-9(12(14,15)16)10(13)11(17)18-4-2/h3-6H2,1-2H3/b10-9+. The maximum atomic E-state index is 13.2. The van der Waals surface area contributed by atoms with Crippen molar-refractivity contribution >= 4 is 5.97 Å². The fraction of sp³-hybridized carbons (Fsp3) is 0.583. The van der Waals surface area contributed by atoms with E-state index >= 15 is 0 Å². The van der Waals surface area contributed by atoms with E-state index in [4.69, 9.17) is 0 Å². The predicted molar refractivity (Wildman–Crippen MR) is 58.1 cm³/mol. The highest BCUT2D eigenvalue weighted by Crippen LogP contribution is 2.28. The van der Waals surface area contributed by atoms with Gasteiger partial charge < -0.3 is 4.74 Å². The van der Waals surface area contributed by atoms with Gasteiger partial charge in [0, 0.05) is 6.42 Å². The van der Waals surface area contributed by atoms with Gasteiger partial charge in [0.2, 0.25) is 5.83 Å². The Morgan fingerprint density at radius 1 is 1.28 bits per heavy atom. The Hall–Kier alpha value is -1.51. The van der Waals surface area contributed by atoms with Crippen LogP contribution in [-0.2, 0) is 9.53 Å². The fourth-order valence-corrected chi connectivity index (χ4v) is 0.963. The zero-order valence-electron chi connectivity index (χ0n) is 10.2. The molecule has 0 unspecified atom stereocenters. The van der Waals surface area contributed by atoms with Crippen LogP contribution in [0.2, 0.25) is 0 Å². The molecule has 102 valence electrons. The molecule has 0 rings (SSSR count). The number of hydrogen-bond acceptors (Lipinski definition) is 2. The van der Waals surface area contributed by atoms with Crippen LogP contribution in [0.1, 0.15) is 33.1 Å². The van der Waals surface area contributed by atoms with E-state index in [2.05, 4.69) is 10.7 Å². The van der Waals surface area contributed by atoms with Crippen molar-refractivity contribution in [2.24, 2.45) is 0 Å². The van der Waals surface area contributed by atoms with Crippen molar-refractivity contribution in [1.29, 1.82) is 0 Å². The van der Waals surface area contributed by atoms with Gasteiger partial charge in [-0.15, -0.1) is 0 Å². The molecule has 0 bridgehead atoms. The molecule has 0 atom stereocenters. The molecule has 0 aromatic carbocycles. The van der Waals surface area contributed by atoms with Crippen molar-refractivity contribution in [3.63, 3.8) is 0 Å². The second-order valence-electron chi connectivity index (χ2n) is 3.31. The molecule has 0 aliphatic heterocycles. The molecule has 0 saturated heterocycles. The molecule has 0 fully saturated rings. The zero-order valence-corrected chi connectivity index (χ0v) is 10.2. The van der Waals surface area contributed by atoms with Gasteiger partial charge in [0.05, 0.1) is 6.61 Å². The number of allylic oxidation sites excluding steroid dienone is 1. The summed E-state index contributed by atoms with van der Waals surface area (Å²) >= 11 is 0. The lowest BCUT2D eigenvalue weighted by atomic mass is 10.2. The number of carbonyl (C=O) groups excluding carboxylic acids is 1. The van der Waals surface area contributed by atoms with Crippen LogP contribution in [0.25, 0.3) is 0 Å². The molecule has 0 saturated carbocycles. The summed E-state index contributed by atoms with van der Waals surface area (Å²) < 4.78 is 54.8. The van der Waals surface area contributed by atoms with E-state index in [9.17, 15) is 22.4 Å². The van der Waals surface area contributed by atoms with Gasteiger partial charge in [0.1, 0.15) is 5.57 Å². The summed E-state index contributed by atoms with van der Waals surface area (Å²) in [6.07, 6.45) is -3.42. The van der Waals surface area contributed by atoms with E-state index in [1.165, 1.54) is 6.92 Å². The number of rotatable bonds is 4. The summed E-state index contributed by atoms with van der Waals surface area (Å²) in [5.41, 5.74) is -1.78. The van der Waals surface area contributed by atoms with Gasteiger partial charge in [0.25, 0.3) is 0 Å². The predicted octanol–water partition coefficient (Wildman–Crippen LogP) is 3.53. The van der Waals surface area contributed by atoms with Gasteiger partial charge in [-0.25, -0.2) is 4.79 Å². The van der Waals surface area contributed by atoms with Crippen LogP contribution in [0, 0.1) is 11.8 Å². The Bertz CT molecular complexity index is 372. The van der Waals surface area contributed by atoms with Gasteiger partial charge in [-0.2, -0.15) is 17.6 Å². The molecule has 2 nitrogen and oxygen atoms in total. The zero-order chi connectivity index (χ0) is 14.2. The van der Waals surface area contributed by atoms with E-state index in [0.29, 0.717) is 6.42 Å². The Labute approximate surface area is 103 Å². The largest absolute Gasteiger partial charge is 0.461 e. The first-order valence-corrected chi connectivity index (χ1v) is 5.47. The first-order valence-electron chi connectivity index (χ1n) is 5.47. The SMILES string of the molecule is CCCCC#C/C(=C(\F)C(=O)OCC)C(F)(F)F. The van der Waals surface area contributed by atoms with Crippen molar-refractivity contribution in [2.75, 3.05) is 6.61 Å². The van der Waals surface area contributed by atoms with E-state index in [-0.39, 0.29) is 13.0 Å². The molecule has 0 heterocycles. The molecule has 0 radical (unpaired) electrons. The number of carbonyl (C=O) groups is 1. The molecular weight excluding hydrogens is 252 g/mol. The second-order valence-corrected chi connectivity index (χ2v) is 3.31. The number of unbranched alkanes of at least 4 members (excludes halogenated alkanes) is 2. The Kier molecular flexibility index (Phi) is 7.10. The van der Waals surface area contributed by atoms with Crippen LogP contribution < -0.4 is 0 Å². The third-order valence-electron chi connectivity index (χ3n) is 1.83. The fourth-order valence-electron chi connectivity index (χ4n) is 0.963. The average molecular weight is 266 g/mol. The van der Waals surface area contributed by atoms with Gasteiger partial charge in [-0.1, -0.05) is 25.2 Å². The molecule has 0 aliphatic carbocycles. The molecular formula is C12H14F4O2. The summed E-state index contributed by atoms with van der Waals surface area (Å²) in [6, 6.07) is 0. The highest BCUT2D eigenvalue weighted by molar-refractivity contribution is 5.88. The molecule has 0 N–H and O–H groups in total. The quantitative estimate of drug-likeness (QED) is 0.256. The van der Waals surface area contributed by atoms with Gasteiger partial charge in [-0.05, 0) is 13.3 Å². The normalized spacial score (nSPS) is 12.3. The Morgan fingerprint density at radius 2 is 1.89 bits per heavy atom. The Morgan fingerprint density at radius 3 is 2.33 bits per heavy atom. The van der Waals surface area contributed by atoms with Crippen molar-refractivity contribution in [3.05, 3.63) is 11.4 Å². The summed E-state index contributed by atoms with van der Waals surface area (Å²) in [6.45, 7) is 3.01. The van der Waals surface area contributed by atoms with Crippen LogP contribution in [0.3, 0.4) is 0 Å². The summed E-state index contributed by atoms with van der Waals surface area (Å²) in [5.74, 6) is 0.221. The van der Waals surface area contributed by atoms with E-state index in [1.54, 1.807) is 5.92 Å². The summed E-state index contributed by atoms with van der Waals surface area (Å²) in [4.78, 5) is 10.9. The van der Waals surface area contributed by atoms with E-state index in [0.717, 1.165) is 6.42 Å². The van der Waals surface area contributed by atoms with Crippen LogP contribution in [0.5, 0.6) is 0 Å². The number of alkyl halides is 3. The second kappa shape index (κ2) is 7.75. The van der Waals surface area contributed by atoms with E-state index < -0.39 is 23.5 Å². The average Bonchev–Trinajstić information content (AvgIpc) is 2.27. The Balaban J connectivity index is 5.15. The molecule has 0 spiro atoms. The molecule has 6 heteroatoms. The lowest BCUT2D eigenvalue weighted by molar-refractivity contribution is -0.141. The number of halogens is 4. The van der Waals surface area contributed by atoms with Crippen LogP contribution >= 0.6 is 0 Å². The van der Waals surface area contributed by atoms with Crippen LogP contribution in [0.15, 0.2) is 11.4 Å². The molecule has 0 aliphatic rings. The van der Waals surface area contributed by atoms with Gasteiger partial charge >= 0.3 is 12.1 Å². The number of ether oxygens (including phenoxy) is 1. The van der Waals surface area contributed by atoms with Crippen molar-refractivity contribution in [3.8, 4) is 11.8 Å². The van der Waals surface area contributed by atoms with Crippen molar-refractivity contribution < 1.29 is 27.1 Å².